The number of hydrogen-bond acceptors (Lipinski definition) is 0. The highest BCUT2D eigenvalue weighted by atomic mass is 14.9. The van der Waals surface area contributed by atoms with Gasteiger partial charge in [0.1, 0.15) is 0 Å². The van der Waals surface area contributed by atoms with Gasteiger partial charge in [0.05, 0.1) is 0 Å². The van der Waals surface area contributed by atoms with Crippen LogP contribution in [0.3, 0.4) is 0 Å². The average molecular weight is 252 g/mol. The second kappa shape index (κ2) is 7.52. The predicted molar refractivity (Wildman–Crippen MR) is 81.5 cm³/mol. The van der Waals surface area contributed by atoms with E-state index in [1.54, 1.807) is 0 Å². The summed E-state index contributed by atoms with van der Waals surface area (Å²) in [7, 11) is 0. The molecule has 1 aromatic carbocycles. The van der Waals surface area contributed by atoms with Gasteiger partial charge in [-0.2, -0.15) is 4.57 Å². The lowest BCUT2D eigenvalue weighted by Crippen LogP contribution is -2.24. The van der Waals surface area contributed by atoms with Crippen LogP contribution in [0.25, 0.3) is 12.3 Å². The fraction of sp³-hybridized carbons (Fsp3) is 0.278. The Bertz CT molecular complexity index is 497. The Hall–Kier alpha value is -1.89. The van der Waals surface area contributed by atoms with Gasteiger partial charge in [-0.05, 0) is 24.0 Å². The maximum atomic E-state index is 2.24. The maximum Gasteiger partial charge on any atom is 0.175 e. The molecule has 1 nitrogen and oxygen atoms in total. The van der Waals surface area contributed by atoms with Crippen molar-refractivity contribution in [1.82, 2.24) is 0 Å². The minimum absolute atomic E-state index is 1.19. The number of benzene rings is 1. The van der Waals surface area contributed by atoms with E-state index in [1.807, 2.05) is 6.07 Å². The van der Waals surface area contributed by atoms with Crippen molar-refractivity contribution in [2.45, 2.75) is 32.6 Å². The van der Waals surface area contributed by atoms with E-state index >= 15 is 0 Å². The Morgan fingerprint density at radius 3 is 2.37 bits per heavy atom. The van der Waals surface area contributed by atoms with Gasteiger partial charge in [-0.15, -0.1) is 0 Å². The van der Waals surface area contributed by atoms with Crippen LogP contribution in [0.1, 0.15) is 37.3 Å². The summed E-state index contributed by atoms with van der Waals surface area (Å²) < 4.78 is 2.09. The third-order valence-electron chi connectivity index (χ3n) is 3.23. The first-order chi connectivity index (χ1) is 9.38. The summed E-state index contributed by atoms with van der Waals surface area (Å²) in [4.78, 5) is 0. The smallest absolute Gasteiger partial charge is 0.174 e. The molecule has 0 N–H and O–H groups in total. The van der Waals surface area contributed by atoms with Crippen LogP contribution in [0.15, 0.2) is 54.9 Å². The third kappa shape index (κ3) is 4.70. The number of rotatable bonds is 6. The molecule has 98 valence electrons. The van der Waals surface area contributed by atoms with Crippen LogP contribution >= 0.6 is 0 Å². The fourth-order valence-corrected chi connectivity index (χ4v) is 2.05. The first-order valence-electron chi connectivity index (χ1n) is 7.11. The van der Waals surface area contributed by atoms with Gasteiger partial charge in [-0.25, -0.2) is 0 Å². The van der Waals surface area contributed by atoms with E-state index in [9.17, 15) is 0 Å². The van der Waals surface area contributed by atoms with Gasteiger partial charge in [0.2, 0.25) is 0 Å². The van der Waals surface area contributed by atoms with Crippen molar-refractivity contribution in [1.29, 1.82) is 0 Å². The second-order valence-electron chi connectivity index (χ2n) is 4.84. The largest absolute Gasteiger partial charge is 0.175 e. The first-order valence-corrected chi connectivity index (χ1v) is 7.11. The topological polar surface area (TPSA) is 3.88 Å². The highest BCUT2D eigenvalue weighted by Gasteiger charge is 1.97. The minimum atomic E-state index is 1.19. The van der Waals surface area contributed by atoms with E-state index in [4.69, 9.17) is 0 Å². The highest BCUT2D eigenvalue weighted by Crippen LogP contribution is 2.05. The van der Waals surface area contributed by atoms with Crippen LogP contribution in [0.4, 0.5) is 0 Å². The molecule has 2 rings (SSSR count). The lowest BCUT2D eigenvalue weighted by Gasteiger charge is -1.98. The minimum Gasteiger partial charge on any atom is -0.174 e. The standard InChI is InChI=1S/C18H22N/c1-2-3-5-8-18-12-15-19(16-13-18)14-11-17-9-6-4-7-10-17/h4,6-7,9-16H,2-3,5,8H2,1H3/q+1/b14-11-. The van der Waals surface area contributed by atoms with Crippen molar-refractivity contribution < 1.29 is 4.57 Å². The van der Waals surface area contributed by atoms with Crippen molar-refractivity contribution in [2.24, 2.45) is 0 Å². The Labute approximate surface area is 116 Å². The molecular weight excluding hydrogens is 230 g/mol. The number of aromatic nitrogens is 1. The molecule has 0 aliphatic heterocycles. The second-order valence-corrected chi connectivity index (χ2v) is 4.84. The van der Waals surface area contributed by atoms with Crippen LogP contribution < -0.4 is 4.57 Å². The van der Waals surface area contributed by atoms with Gasteiger partial charge in [-0.3, -0.25) is 0 Å². The Kier molecular flexibility index (Phi) is 5.36. The van der Waals surface area contributed by atoms with Crippen LogP contribution in [-0.4, -0.2) is 0 Å². The van der Waals surface area contributed by atoms with Crippen molar-refractivity contribution in [2.75, 3.05) is 0 Å². The Morgan fingerprint density at radius 2 is 1.68 bits per heavy atom. The van der Waals surface area contributed by atoms with Crippen molar-refractivity contribution in [3.8, 4) is 0 Å². The van der Waals surface area contributed by atoms with E-state index < -0.39 is 0 Å². The molecule has 2 aromatic rings. The zero-order chi connectivity index (χ0) is 13.3. The summed E-state index contributed by atoms with van der Waals surface area (Å²) in [6.07, 6.45) is 13.6. The lowest BCUT2D eigenvalue weighted by molar-refractivity contribution is -0.567. The summed E-state index contributed by atoms with van der Waals surface area (Å²) in [5.74, 6) is 0. The summed E-state index contributed by atoms with van der Waals surface area (Å²) in [6.45, 7) is 2.24. The highest BCUT2D eigenvalue weighted by molar-refractivity contribution is 5.56. The third-order valence-corrected chi connectivity index (χ3v) is 3.23. The summed E-state index contributed by atoms with van der Waals surface area (Å²) >= 11 is 0. The monoisotopic (exact) mass is 252 g/mol. The van der Waals surface area contributed by atoms with E-state index in [-0.39, 0.29) is 0 Å². The summed E-state index contributed by atoms with van der Waals surface area (Å²) in [6, 6.07) is 14.8. The first kappa shape index (κ1) is 13.5. The van der Waals surface area contributed by atoms with Gasteiger partial charge in [-0.1, -0.05) is 50.1 Å². The molecule has 19 heavy (non-hydrogen) atoms. The molecule has 0 aliphatic carbocycles. The Morgan fingerprint density at radius 1 is 0.947 bits per heavy atom. The van der Waals surface area contributed by atoms with Crippen molar-refractivity contribution >= 4 is 12.3 Å². The molecule has 0 atom stereocenters. The van der Waals surface area contributed by atoms with Gasteiger partial charge in [0.25, 0.3) is 0 Å². The van der Waals surface area contributed by atoms with Crippen LogP contribution in [0, 0.1) is 0 Å². The molecule has 0 radical (unpaired) electrons. The molecule has 0 spiro atoms. The molecule has 0 bridgehead atoms. The van der Waals surface area contributed by atoms with Gasteiger partial charge >= 0.3 is 0 Å². The molecule has 0 unspecified atom stereocenters. The molecule has 1 heteroatoms. The van der Waals surface area contributed by atoms with Crippen LogP contribution in [0.2, 0.25) is 0 Å². The lowest BCUT2D eigenvalue weighted by atomic mass is 10.1. The average Bonchev–Trinajstić information content (AvgIpc) is 2.48. The van der Waals surface area contributed by atoms with Crippen LogP contribution in [-0.2, 0) is 6.42 Å². The maximum absolute atomic E-state index is 2.24. The van der Waals surface area contributed by atoms with E-state index in [0.717, 1.165) is 0 Å². The normalized spacial score (nSPS) is 11.0. The number of hydrogen-bond donors (Lipinski definition) is 0. The van der Waals surface area contributed by atoms with E-state index in [0.29, 0.717) is 0 Å². The van der Waals surface area contributed by atoms with E-state index in [1.165, 1.54) is 36.8 Å². The van der Waals surface area contributed by atoms with Crippen molar-refractivity contribution in [3.05, 3.63) is 66.0 Å². The number of pyridine rings is 1. The molecule has 0 saturated heterocycles. The predicted octanol–water partition coefficient (Wildman–Crippen LogP) is 4.33. The quantitative estimate of drug-likeness (QED) is 0.532. The fourth-order valence-electron chi connectivity index (χ4n) is 2.05. The zero-order valence-corrected chi connectivity index (χ0v) is 11.6. The number of aryl methyl sites for hydroxylation is 1. The van der Waals surface area contributed by atoms with Gasteiger partial charge < -0.3 is 0 Å². The van der Waals surface area contributed by atoms with Crippen LogP contribution in [0.5, 0.6) is 0 Å². The zero-order valence-electron chi connectivity index (χ0n) is 11.6. The van der Waals surface area contributed by atoms with Crippen molar-refractivity contribution in [3.63, 3.8) is 0 Å². The SMILES string of the molecule is CCCCCc1cc[n+](/C=C\c2ccccc2)cc1. The Balaban J connectivity index is 1.93. The summed E-state index contributed by atoms with van der Waals surface area (Å²) in [5.41, 5.74) is 2.65. The molecular formula is C18H22N+. The molecule has 0 aliphatic rings. The summed E-state index contributed by atoms with van der Waals surface area (Å²) in [5, 5.41) is 0. The molecule has 0 saturated carbocycles. The molecule has 0 fully saturated rings. The molecule has 1 heterocycles. The molecule has 0 amide bonds. The van der Waals surface area contributed by atoms with Gasteiger partial charge in [0.15, 0.2) is 18.6 Å². The number of unbranched alkanes of at least 4 members (excludes halogenated alkanes) is 2. The number of nitrogens with zero attached hydrogens (tertiary/aromatic N) is 1. The van der Waals surface area contributed by atoms with Gasteiger partial charge in [0, 0.05) is 18.2 Å². The molecule has 1 aromatic heterocycles. The van der Waals surface area contributed by atoms with E-state index in [2.05, 4.69) is 72.6 Å².